The van der Waals surface area contributed by atoms with Crippen LogP contribution >= 0.6 is 0 Å². The summed E-state index contributed by atoms with van der Waals surface area (Å²) >= 11 is 0. The lowest BCUT2D eigenvalue weighted by molar-refractivity contribution is -0.138. The molecule has 0 saturated carbocycles. The van der Waals surface area contributed by atoms with Gasteiger partial charge in [0, 0.05) is 31.4 Å². The van der Waals surface area contributed by atoms with Gasteiger partial charge in [-0.1, -0.05) is 26.8 Å². The van der Waals surface area contributed by atoms with Crippen LogP contribution in [0.25, 0.3) is 0 Å². The molecule has 1 amide bonds. The number of amides is 1. The Morgan fingerprint density at radius 1 is 1.47 bits per heavy atom. The summed E-state index contributed by atoms with van der Waals surface area (Å²) in [5.74, 6) is 0.145. The molecular formula is C12H18N2O. The molecule has 0 aliphatic heterocycles. The smallest absolute Gasteiger partial charge is 0.227 e. The van der Waals surface area contributed by atoms with Gasteiger partial charge in [-0.15, -0.1) is 0 Å². The van der Waals surface area contributed by atoms with Crippen molar-refractivity contribution in [3.8, 4) is 0 Å². The number of carbonyl (C=O) groups excluding carboxylic acids is 1. The Kier molecular flexibility index (Phi) is 3.45. The Morgan fingerprint density at radius 2 is 2.13 bits per heavy atom. The second-order valence-corrected chi connectivity index (χ2v) is 4.77. The summed E-state index contributed by atoms with van der Waals surface area (Å²) in [7, 11) is 1.82. The number of aromatic nitrogens is 1. The summed E-state index contributed by atoms with van der Waals surface area (Å²) in [6.45, 7) is 6.39. The maximum atomic E-state index is 11.9. The quantitative estimate of drug-likeness (QED) is 0.742. The molecule has 15 heavy (non-hydrogen) atoms. The summed E-state index contributed by atoms with van der Waals surface area (Å²) in [6.07, 6.45) is 3.52. The molecule has 0 saturated heterocycles. The number of hydrogen-bond acceptors (Lipinski definition) is 2. The van der Waals surface area contributed by atoms with Crippen molar-refractivity contribution >= 4 is 5.91 Å². The predicted octanol–water partition coefficient (Wildman–Crippen LogP) is 2.09. The van der Waals surface area contributed by atoms with Gasteiger partial charge in [0.1, 0.15) is 0 Å². The van der Waals surface area contributed by atoms with Crippen LogP contribution in [0.1, 0.15) is 26.3 Å². The van der Waals surface area contributed by atoms with Crippen LogP contribution in [0, 0.1) is 5.41 Å². The van der Waals surface area contributed by atoms with Crippen LogP contribution in [0.4, 0.5) is 0 Å². The summed E-state index contributed by atoms with van der Waals surface area (Å²) in [5.41, 5.74) is 0.731. The highest BCUT2D eigenvalue weighted by Gasteiger charge is 2.24. The van der Waals surface area contributed by atoms with E-state index in [1.165, 1.54) is 0 Å². The van der Waals surface area contributed by atoms with Crippen LogP contribution in [0.5, 0.6) is 0 Å². The van der Waals surface area contributed by atoms with Crippen molar-refractivity contribution in [2.45, 2.75) is 27.3 Å². The van der Waals surface area contributed by atoms with Crippen LogP contribution in [-0.2, 0) is 11.3 Å². The molecule has 0 atom stereocenters. The fourth-order valence-electron chi connectivity index (χ4n) is 1.41. The fourth-order valence-corrected chi connectivity index (χ4v) is 1.41. The first kappa shape index (κ1) is 11.7. The molecule has 1 heterocycles. The first-order chi connectivity index (χ1) is 6.91. The van der Waals surface area contributed by atoms with Crippen molar-refractivity contribution < 1.29 is 4.79 Å². The zero-order valence-corrected chi connectivity index (χ0v) is 9.82. The van der Waals surface area contributed by atoms with Crippen LogP contribution < -0.4 is 0 Å². The van der Waals surface area contributed by atoms with Crippen molar-refractivity contribution in [1.82, 2.24) is 9.88 Å². The topological polar surface area (TPSA) is 33.2 Å². The normalized spacial score (nSPS) is 11.2. The molecule has 1 aromatic heterocycles. The zero-order valence-electron chi connectivity index (χ0n) is 9.82. The lowest BCUT2D eigenvalue weighted by Gasteiger charge is -2.25. The molecule has 3 heteroatoms. The Labute approximate surface area is 91.1 Å². The van der Waals surface area contributed by atoms with Gasteiger partial charge < -0.3 is 4.90 Å². The average molecular weight is 206 g/mol. The van der Waals surface area contributed by atoms with E-state index in [1.54, 1.807) is 17.3 Å². The molecule has 1 aromatic rings. The van der Waals surface area contributed by atoms with Gasteiger partial charge in [-0.2, -0.15) is 0 Å². The van der Waals surface area contributed by atoms with E-state index in [-0.39, 0.29) is 11.3 Å². The minimum atomic E-state index is -0.322. The molecule has 0 N–H and O–H groups in total. The van der Waals surface area contributed by atoms with Gasteiger partial charge in [0.25, 0.3) is 0 Å². The van der Waals surface area contributed by atoms with Gasteiger partial charge in [-0.25, -0.2) is 0 Å². The number of nitrogens with zero attached hydrogens (tertiary/aromatic N) is 2. The first-order valence-corrected chi connectivity index (χ1v) is 5.06. The summed E-state index contributed by atoms with van der Waals surface area (Å²) in [6, 6.07) is 3.85. The molecule has 0 aromatic carbocycles. The molecule has 1 rings (SSSR count). The zero-order chi connectivity index (χ0) is 11.5. The van der Waals surface area contributed by atoms with Gasteiger partial charge in [-0.05, 0) is 11.6 Å². The molecule has 0 bridgehead atoms. The second kappa shape index (κ2) is 4.43. The first-order valence-electron chi connectivity index (χ1n) is 5.06. The second-order valence-electron chi connectivity index (χ2n) is 4.77. The summed E-state index contributed by atoms with van der Waals surface area (Å²) in [5, 5.41) is 0. The molecule has 0 fully saturated rings. The van der Waals surface area contributed by atoms with Crippen molar-refractivity contribution in [1.29, 1.82) is 0 Å². The van der Waals surface area contributed by atoms with E-state index >= 15 is 0 Å². The molecule has 0 aliphatic rings. The number of pyridine rings is 1. The van der Waals surface area contributed by atoms with Crippen molar-refractivity contribution in [2.75, 3.05) is 7.05 Å². The number of carbonyl (C=O) groups is 1. The third-order valence-corrected chi connectivity index (χ3v) is 2.13. The highest BCUT2D eigenvalue weighted by atomic mass is 16.2. The summed E-state index contributed by atoms with van der Waals surface area (Å²) < 4.78 is 0. The van der Waals surface area contributed by atoms with Crippen molar-refractivity contribution in [3.05, 3.63) is 30.1 Å². The fraction of sp³-hybridized carbons (Fsp3) is 0.500. The molecule has 0 radical (unpaired) electrons. The van der Waals surface area contributed by atoms with Crippen LogP contribution in [0.15, 0.2) is 24.5 Å². The highest BCUT2D eigenvalue weighted by molar-refractivity contribution is 5.81. The SMILES string of the molecule is CN(Cc1cccnc1)C(=O)C(C)(C)C. The molecule has 3 nitrogen and oxygen atoms in total. The van der Waals surface area contributed by atoms with E-state index in [9.17, 15) is 4.79 Å². The van der Waals surface area contributed by atoms with Gasteiger partial charge in [0.2, 0.25) is 5.91 Å². The van der Waals surface area contributed by atoms with Gasteiger partial charge >= 0.3 is 0 Å². The molecular weight excluding hydrogens is 188 g/mol. The highest BCUT2D eigenvalue weighted by Crippen LogP contribution is 2.17. The minimum Gasteiger partial charge on any atom is -0.341 e. The monoisotopic (exact) mass is 206 g/mol. The third kappa shape index (κ3) is 3.35. The van der Waals surface area contributed by atoms with Crippen LogP contribution in [0.2, 0.25) is 0 Å². The third-order valence-electron chi connectivity index (χ3n) is 2.13. The van der Waals surface area contributed by atoms with E-state index in [4.69, 9.17) is 0 Å². The van der Waals surface area contributed by atoms with E-state index in [0.717, 1.165) is 5.56 Å². The Hall–Kier alpha value is -1.38. The van der Waals surface area contributed by atoms with Gasteiger partial charge in [-0.3, -0.25) is 9.78 Å². The van der Waals surface area contributed by atoms with Crippen LogP contribution in [-0.4, -0.2) is 22.8 Å². The van der Waals surface area contributed by atoms with Crippen molar-refractivity contribution in [2.24, 2.45) is 5.41 Å². The molecule has 0 aliphatic carbocycles. The Bertz CT molecular complexity index is 327. The standard InChI is InChI=1S/C12H18N2O/c1-12(2,3)11(15)14(4)9-10-6-5-7-13-8-10/h5-8H,9H2,1-4H3. The van der Waals surface area contributed by atoms with E-state index in [1.807, 2.05) is 40.0 Å². The van der Waals surface area contributed by atoms with Gasteiger partial charge in [0.15, 0.2) is 0 Å². The Balaban J connectivity index is 2.65. The number of rotatable bonds is 2. The van der Waals surface area contributed by atoms with Gasteiger partial charge in [0.05, 0.1) is 0 Å². The lowest BCUT2D eigenvalue weighted by atomic mass is 9.95. The average Bonchev–Trinajstić information content (AvgIpc) is 2.16. The maximum absolute atomic E-state index is 11.9. The molecule has 0 unspecified atom stereocenters. The van der Waals surface area contributed by atoms with E-state index in [2.05, 4.69) is 4.98 Å². The van der Waals surface area contributed by atoms with E-state index in [0.29, 0.717) is 6.54 Å². The van der Waals surface area contributed by atoms with Crippen LogP contribution in [0.3, 0.4) is 0 Å². The molecule has 82 valence electrons. The largest absolute Gasteiger partial charge is 0.341 e. The van der Waals surface area contributed by atoms with E-state index < -0.39 is 0 Å². The summed E-state index contributed by atoms with van der Waals surface area (Å²) in [4.78, 5) is 17.6. The predicted molar refractivity (Wildman–Crippen MR) is 60.2 cm³/mol. The van der Waals surface area contributed by atoms with Crippen molar-refractivity contribution in [3.63, 3.8) is 0 Å². The number of hydrogen-bond donors (Lipinski definition) is 0. The minimum absolute atomic E-state index is 0.145. The lowest BCUT2D eigenvalue weighted by Crippen LogP contribution is -2.36. The maximum Gasteiger partial charge on any atom is 0.227 e. The molecule has 0 spiro atoms. The Morgan fingerprint density at radius 3 is 2.60 bits per heavy atom.